The standard InChI is InChI=1S/C13H17N5O/c1-10-3-4-12(18-17-8-6-15)11(9-10)13(19)16-7-2-5-14/h3-6,8-9,14-15,18H,2,7H2,1H3,(H,16,19)/b14-5?,15-6?,17-8-. The molecular weight excluding hydrogens is 242 g/mol. The highest BCUT2D eigenvalue weighted by Crippen LogP contribution is 2.17. The van der Waals surface area contributed by atoms with Crippen molar-refractivity contribution in [1.82, 2.24) is 5.32 Å². The van der Waals surface area contributed by atoms with Gasteiger partial charge in [0.15, 0.2) is 0 Å². The van der Waals surface area contributed by atoms with Gasteiger partial charge in [0.05, 0.1) is 17.5 Å². The molecule has 6 heteroatoms. The maximum absolute atomic E-state index is 12.0. The summed E-state index contributed by atoms with van der Waals surface area (Å²) in [6, 6.07) is 5.40. The summed E-state index contributed by atoms with van der Waals surface area (Å²) >= 11 is 0. The fraction of sp³-hybridized carbons (Fsp3) is 0.231. The average Bonchev–Trinajstić information content (AvgIpc) is 2.40. The van der Waals surface area contributed by atoms with Gasteiger partial charge in [-0.25, -0.2) is 0 Å². The number of hydrogen-bond donors (Lipinski definition) is 4. The third-order valence-corrected chi connectivity index (χ3v) is 2.33. The normalized spacial score (nSPS) is 10.2. The minimum absolute atomic E-state index is 0.210. The van der Waals surface area contributed by atoms with Crippen LogP contribution in [-0.4, -0.2) is 31.1 Å². The minimum atomic E-state index is -0.210. The summed E-state index contributed by atoms with van der Waals surface area (Å²) in [5.74, 6) is -0.210. The lowest BCUT2D eigenvalue weighted by molar-refractivity contribution is 0.0955. The summed E-state index contributed by atoms with van der Waals surface area (Å²) in [5.41, 5.74) is 4.77. The van der Waals surface area contributed by atoms with E-state index < -0.39 is 0 Å². The molecule has 1 amide bonds. The fourth-order valence-electron chi connectivity index (χ4n) is 1.44. The summed E-state index contributed by atoms with van der Waals surface area (Å²) in [5, 5.41) is 20.3. The van der Waals surface area contributed by atoms with Crippen LogP contribution in [0.3, 0.4) is 0 Å². The zero-order valence-corrected chi connectivity index (χ0v) is 10.7. The molecule has 0 spiro atoms. The Hall–Kier alpha value is -2.50. The number of amides is 1. The van der Waals surface area contributed by atoms with Crippen molar-refractivity contribution in [2.45, 2.75) is 13.3 Å². The van der Waals surface area contributed by atoms with Gasteiger partial charge < -0.3 is 16.1 Å². The molecule has 0 heterocycles. The van der Waals surface area contributed by atoms with Crippen molar-refractivity contribution in [3.8, 4) is 0 Å². The summed E-state index contributed by atoms with van der Waals surface area (Å²) < 4.78 is 0. The summed E-state index contributed by atoms with van der Waals surface area (Å²) in [6.45, 7) is 2.33. The number of carbonyl (C=O) groups excluding carboxylic acids is 1. The van der Waals surface area contributed by atoms with E-state index in [2.05, 4.69) is 15.8 Å². The molecule has 0 fully saturated rings. The van der Waals surface area contributed by atoms with Crippen LogP contribution in [0.4, 0.5) is 5.69 Å². The van der Waals surface area contributed by atoms with Crippen molar-refractivity contribution in [3.05, 3.63) is 29.3 Å². The predicted octanol–water partition coefficient (Wildman–Crippen LogP) is 1.81. The molecule has 0 atom stereocenters. The number of rotatable bonds is 7. The Morgan fingerprint density at radius 1 is 1.42 bits per heavy atom. The molecule has 6 nitrogen and oxygen atoms in total. The second kappa shape index (κ2) is 7.75. The van der Waals surface area contributed by atoms with Gasteiger partial charge in [0.1, 0.15) is 0 Å². The van der Waals surface area contributed by atoms with Gasteiger partial charge in [0.2, 0.25) is 0 Å². The molecule has 4 N–H and O–H groups in total. The molecular formula is C13H17N5O. The molecule has 0 unspecified atom stereocenters. The molecule has 0 saturated heterocycles. The van der Waals surface area contributed by atoms with E-state index in [4.69, 9.17) is 10.8 Å². The van der Waals surface area contributed by atoms with Gasteiger partial charge in [-0.15, -0.1) is 0 Å². The number of aryl methyl sites for hydroxylation is 1. The highest BCUT2D eigenvalue weighted by molar-refractivity contribution is 6.14. The monoisotopic (exact) mass is 259 g/mol. The Labute approximate surface area is 111 Å². The van der Waals surface area contributed by atoms with Crippen molar-refractivity contribution in [1.29, 1.82) is 10.8 Å². The lowest BCUT2D eigenvalue weighted by Gasteiger charge is -2.10. The first kappa shape index (κ1) is 14.6. The van der Waals surface area contributed by atoms with Gasteiger partial charge in [-0.2, -0.15) is 5.10 Å². The minimum Gasteiger partial charge on any atom is -0.352 e. The van der Waals surface area contributed by atoms with E-state index >= 15 is 0 Å². The first-order chi connectivity index (χ1) is 9.19. The smallest absolute Gasteiger partial charge is 0.253 e. The molecule has 0 radical (unpaired) electrons. The summed E-state index contributed by atoms with van der Waals surface area (Å²) in [6.07, 6.45) is 4.10. The van der Waals surface area contributed by atoms with Crippen molar-refractivity contribution in [3.63, 3.8) is 0 Å². The molecule has 100 valence electrons. The van der Waals surface area contributed by atoms with Gasteiger partial charge in [-0.1, -0.05) is 11.6 Å². The highest BCUT2D eigenvalue weighted by atomic mass is 16.1. The second-order valence-electron chi connectivity index (χ2n) is 3.85. The molecule has 0 aliphatic carbocycles. The van der Waals surface area contributed by atoms with Gasteiger partial charge in [-0.05, 0) is 31.7 Å². The van der Waals surface area contributed by atoms with Crippen molar-refractivity contribution < 1.29 is 4.79 Å². The second-order valence-corrected chi connectivity index (χ2v) is 3.85. The Bertz CT molecular complexity index is 496. The molecule has 0 bridgehead atoms. The zero-order chi connectivity index (χ0) is 14.1. The van der Waals surface area contributed by atoms with Crippen molar-refractivity contribution in [2.24, 2.45) is 5.10 Å². The first-order valence-corrected chi connectivity index (χ1v) is 5.85. The molecule has 19 heavy (non-hydrogen) atoms. The zero-order valence-electron chi connectivity index (χ0n) is 10.7. The molecule has 0 saturated carbocycles. The number of hydrogen-bond acceptors (Lipinski definition) is 5. The number of nitrogens with one attached hydrogen (secondary N) is 4. The van der Waals surface area contributed by atoms with Crippen LogP contribution in [0.25, 0.3) is 0 Å². The van der Waals surface area contributed by atoms with Gasteiger partial charge >= 0.3 is 0 Å². The van der Waals surface area contributed by atoms with Crippen LogP contribution >= 0.6 is 0 Å². The maximum Gasteiger partial charge on any atom is 0.253 e. The predicted molar refractivity (Wildman–Crippen MR) is 77.8 cm³/mol. The van der Waals surface area contributed by atoms with E-state index in [-0.39, 0.29) is 5.91 Å². The van der Waals surface area contributed by atoms with Crippen LogP contribution in [0, 0.1) is 17.7 Å². The molecule has 0 aliphatic heterocycles. The van der Waals surface area contributed by atoms with Gasteiger partial charge in [-0.3, -0.25) is 10.2 Å². The van der Waals surface area contributed by atoms with Gasteiger partial charge in [0.25, 0.3) is 5.91 Å². The third kappa shape index (κ3) is 4.71. The molecule has 0 aromatic heterocycles. The Balaban J connectivity index is 2.86. The summed E-state index contributed by atoms with van der Waals surface area (Å²) in [7, 11) is 0. The van der Waals surface area contributed by atoms with E-state index in [1.165, 1.54) is 12.4 Å². The van der Waals surface area contributed by atoms with E-state index in [1.807, 2.05) is 13.0 Å². The maximum atomic E-state index is 12.0. The van der Waals surface area contributed by atoms with Crippen LogP contribution in [0.15, 0.2) is 23.3 Å². The number of carbonyl (C=O) groups is 1. The number of anilines is 1. The van der Waals surface area contributed by atoms with Crippen molar-refractivity contribution in [2.75, 3.05) is 12.0 Å². The van der Waals surface area contributed by atoms with Crippen LogP contribution in [0.2, 0.25) is 0 Å². The topological polar surface area (TPSA) is 101 Å². The molecule has 0 aliphatic rings. The molecule has 1 aromatic carbocycles. The number of hydrazone groups is 1. The van der Waals surface area contributed by atoms with E-state index in [0.717, 1.165) is 11.8 Å². The van der Waals surface area contributed by atoms with E-state index in [0.29, 0.717) is 24.2 Å². The van der Waals surface area contributed by atoms with Crippen LogP contribution in [-0.2, 0) is 0 Å². The first-order valence-electron chi connectivity index (χ1n) is 5.85. The summed E-state index contributed by atoms with van der Waals surface area (Å²) in [4.78, 5) is 12.0. The number of benzene rings is 1. The molecule has 1 aromatic rings. The fourth-order valence-corrected chi connectivity index (χ4v) is 1.44. The Morgan fingerprint density at radius 3 is 2.89 bits per heavy atom. The Morgan fingerprint density at radius 2 is 2.21 bits per heavy atom. The average molecular weight is 259 g/mol. The van der Waals surface area contributed by atoms with E-state index in [9.17, 15) is 4.79 Å². The number of nitrogens with zero attached hydrogens (tertiary/aromatic N) is 1. The van der Waals surface area contributed by atoms with Crippen LogP contribution in [0.5, 0.6) is 0 Å². The van der Waals surface area contributed by atoms with Gasteiger partial charge in [0, 0.05) is 12.8 Å². The third-order valence-electron chi connectivity index (χ3n) is 2.33. The lowest BCUT2D eigenvalue weighted by atomic mass is 10.1. The van der Waals surface area contributed by atoms with Crippen molar-refractivity contribution >= 4 is 30.2 Å². The molecule has 1 rings (SSSR count). The highest BCUT2D eigenvalue weighted by Gasteiger charge is 2.10. The van der Waals surface area contributed by atoms with Crippen LogP contribution < -0.4 is 10.7 Å². The quantitative estimate of drug-likeness (QED) is 0.341. The SMILES string of the molecule is Cc1ccc(N/N=C\C=N)c(C(=O)NCCC=N)c1. The van der Waals surface area contributed by atoms with E-state index in [1.54, 1.807) is 12.1 Å². The lowest BCUT2D eigenvalue weighted by Crippen LogP contribution is -2.25. The Kier molecular flexibility index (Phi) is 5.94. The van der Waals surface area contributed by atoms with Crippen LogP contribution in [0.1, 0.15) is 22.3 Å². The largest absolute Gasteiger partial charge is 0.352 e.